The lowest BCUT2D eigenvalue weighted by Crippen LogP contribution is -2.03. The number of benzene rings is 1. The van der Waals surface area contributed by atoms with Gasteiger partial charge in [-0.1, -0.05) is 29.3 Å². The fourth-order valence-corrected chi connectivity index (χ4v) is 2.69. The number of nitrogens with one attached hydrogen (secondary N) is 1. The minimum Gasteiger partial charge on any atom is -0.326 e. The largest absolute Gasteiger partial charge is 0.326 e. The third-order valence-corrected chi connectivity index (χ3v) is 3.41. The zero-order valence-electron chi connectivity index (χ0n) is 11.7. The van der Waals surface area contributed by atoms with Crippen molar-refractivity contribution in [2.24, 2.45) is 0 Å². The van der Waals surface area contributed by atoms with Crippen LogP contribution in [0, 0.1) is 13.8 Å². The van der Waals surface area contributed by atoms with E-state index in [0.29, 0.717) is 0 Å². The summed E-state index contributed by atoms with van der Waals surface area (Å²) in [5.41, 5.74) is 3.33. The minimum atomic E-state index is 0.920. The summed E-state index contributed by atoms with van der Waals surface area (Å²) >= 11 is 3.52. The molecule has 0 aliphatic heterocycles. The summed E-state index contributed by atoms with van der Waals surface area (Å²) in [6, 6.07) is 6.29. The van der Waals surface area contributed by atoms with Crippen molar-refractivity contribution in [2.45, 2.75) is 40.2 Å². The van der Waals surface area contributed by atoms with E-state index in [2.05, 4.69) is 69.0 Å². The Kier molecular flexibility index (Phi) is 4.64. The highest BCUT2D eigenvalue weighted by Gasteiger charge is 2.06. The third kappa shape index (κ3) is 3.83. The van der Waals surface area contributed by atoms with Crippen molar-refractivity contribution in [3.05, 3.63) is 40.1 Å². The van der Waals surface area contributed by atoms with E-state index in [4.69, 9.17) is 0 Å². The molecule has 0 bridgehead atoms. The lowest BCUT2D eigenvalue weighted by atomic mass is 10.2. The number of halogens is 1. The summed E-state index contributed by atoms with van der Waals surface area (Å²) in [6.07, 6.45) is 4.46. The fourth-order valence-electron chi connectivity index (χ4n) is 2.08. The molecule has 0 spiro atoms. The Balaban J connectivity index is 2.22. The van der Waals surface area contributed by atoms with Crippen LogP contribution in [0.5, 0.6) is 0 Å². The van der Waals surface area contributed by atoms with Gasteiger partial charge >= 0.3 is 0 Å². The second-order valence-electron chi connectivity index (χ2n) is 4.90. The normalized spacial score (nSPS) is 10.7. The predicted molar refractivity (Wildman–Crippen MR) is 84.0 cm³/mol. The van der Waals surface area contributed by atoms with E-state index in [9.17, 15) is 0 Å². The summed E-state index contributed by atoms with van der Waals surface area (Å²) in [4.78, 5) is 4.55. The Bertz CT molecular complexity index is 540. The van der Waals surface area contributed by atoms with Crippen molar-refractivity contribution in [3.8, 4) is 0 Å². The Labute approximate surface area is 123 Å². The summed E-state index contributed by atoms with van der Waals surface area (Å²) in [6.45, 7) is 7.33. The third-order valence-electron chi connectivity index (χ3n) is 2.95. The van der Waals surface area contributed by atoms with Gasteiger partial charge in [0.25, 0.3) is 0 Å². The molecule has 0 atom stereocenters. The zero-order chi connectivity index (χ0) is 13.8. The highest BCUT2D eigenvalue weighted by Crippen LogP contribution is 2.22. The van der Waals surface area contributed by atoms with E-state index in [1.807, 2.05) is 6.92 Å². The molecule has 19 heavy (non-hydrogen) atoms. The minimum absolute atomic E-state index is 0.920. The number of rotatable bonds is 5. The van der Waals surface area contributed by atoms with Crippen molar-refractivity contribution >= 4 is 27.6 Å². The van der Waals surface area contributed by atoms with Crippen molar-refractivity contribution < 1.29 is 0 Å². The topological polar surface area (TPSA) is 29.9 Å². The van der Waals surface area contributed by atoms with Crippen LogP contribution in [0.2, 0.25) is 0 Å². The zero-order valence-corrected chi connectivity index (χ0v) is 13.3. The van der Waals surface area contributed by atoms with Crippen molar-refractivity contribution in [1.29, 1.82) is 0 Å². The van der Waals surface area contributed by atoms with Crippen LogP contribution in [0.1, 0.15) is 31.0 Å². The van der Waals surface area contributed by atoms with E-state index in [-0.39, 0.29) is 0 Å². The molecule has 0 saturated carbocycles. The first-order chi connectivity index (χ1) is 9.08. The molecule has 0 aliphatic carbocycles. The Morgan fingerprint density at radius 1 is 1.26 bits per heavy atom. The van der Waals surface area contributed by atoms with Gasteiger partial charge < -0.3 is 9.88 Å². The average molecular weight is 322 g/mol. The van der Waals surface area contributed by atoms with E-state index in [1.54, 1.807) is 0 Å². The van der Waals surface area contributed by atoms with Gasteiger partial charge in [-0.15, -0.1) is 0 Å². The molecule has 1 aromatic heterocycles. The maximum absolute atomic E-state index is 4.55. The highest BCUT2D eigenvalue weighted by atomic mass is 79.9. The Morgan fingerprint density at radius 3 is 2.74 bits per heavy atom. The Morgan fingerprint density at radius 2 is 2.05 bits per heavy atom. The molecule has 1 aromatic carbocycles. The summed E-state index contributed by atoms with van der Waals surface area (Å²) in [5, 5.41) is 3.41. The molecule has 4 heteroatoms. The number of aryl methyl sites for hydroxylation is 3. The van der Waals surface area contributed by atoms with Crippen LogP contribution in [0.15, 0.2) is 28.9 Å². The number of imidazole rings is 1. The molecule has 102 valence electrons. The number of hydrogen-bond donors (Lipinski definition) is 1. The molecule has 0 radical (unpaired) electrons. The smallest absolute Gasteiger partial charge is 0.207 e. The monoisotopic (exact) mass is 321 g/mol. The standard InChI is InChI=1S/C15H20BrN3/c1-4-5-6-19-10-12(3)17-15(19)18-14-8-11(2)7-13(16)9-14/h7-10H,4-6H2,1-3H3,(H,17,18). The quantitative estimate of drug-likeness (QED) is 0.856. The van der Waals surface area contributed by atoms with E-state index < -0.39 is 0 Å². The van der Waals surface area contributed by atoms with Crippen LogP contribution >= 0.6 is 15.9 Å². The van der Waals surface area contributed by atoms with Gasteiger partial charge in [0, 0.05) is 22.9 Å². The molecular weight excluding hydrogens is 302 g/mol. The average Bonchev–Trinajstić information content (AvgIpc) is 2.65. The SMILES string of the molecule is CCCCn1cc(C)nc1Nc1cc(C)cc(Br)c1. The molecule has 2 aromatic rings. The lowest BCUT2D eigenvalue weighted by Gasteiger charge is -2.10. The first-order valence-corrected chi connectivity index (χ1v) is 7.46. The number of aromatic nitrogens is 2. The van der Waals surface area contributed by atoms with Crippen LogP contribution in [0.25, 0.3) is 0 Å². The lowest BCUT2D eigenvalue weighted by molar-refractivity contribution is 0.637. The highest BCUT2D eigenvalue weighted by molar-refractivity contribution is 9.10. The molecule has 0 saturated heterocycles. The van der Waals surface area contributed by atoms with Crippen LogP contribution < -0.4 is 5.32 Å². The van der Waals surface area contributed by atoms with Crippen LogP contribution in [0.3, 0.4) is 0 Å². The van der Waals surface area contributed by atoms with Crippen LogP contribution in [-0.4, -0.2) is 9.55 Å². The summed E-state index contributed by atoms with van der Waals surface area (Å²) in [7, 11) is 0. The van der Waals surface area contributed by atoms with Crippen molar-refractivity contribution in [1.82, 2.24) is 9.55 Å². The second-order valence-corrected chi connectivity index (χ2v) is 5.81. The maximum atomic E-state index is 4.55. The van der Waals surface area contributed by atoms with Crippen molar-refractivity contribution in [3.63, 3.8) is 0 Å². The molecule has 0 aliphatic rings. The Hall–Kier alpha value is -1.29. The first-order valence-electron chi connectivity index (χ1n) is 6.66. The molecule has 1 heterocycles. The van der Waals surface area contributed by atoms with Gasteiger partial charge in [-0.3, -0.25) is 0 Å². The first kappa shape index (κ1) is 14.1. The van der Waals surface area contributed by atoms with Gasteiger partial charge in [0.05, 0.1) is 5.69 Å². The van der Waals surface area contributed by atoms with Gasteiger partial charge in [0.15, 0.2) is 0 Å². The maximum Gasteiger partial charge on any atom is 0.207 e. The molecule has 0 unspecified atom stereocenters. The fraction of sp³-hybridized carbons (Fsp3) is 0.400. The molecule has 0 amide bonds. The summed E-state index contributed by atoms with van der Waals surface area (Å²) < 4.78 is 3.27. The van der Waals surface area contributed by atoms with Crippen LogP contribution in [-0.2, 0) is 6.54 Å². The van der Waals surface area contributed by atoms with Gasteiger partial charge in [0.1, 0.15) is 0 Å². The van der Waals surface area contributed by atoms with Gasteiger partial charge in [-0.2, -0.15) is 0 Å². The van der Waals surface area contributed by atoms with E-state index in [1.165, 1.54) is 18.4 Å². The van der Waals surface area contributed by atoms with Gasteiger partial charge in [-0.25, -0.2) is 4.98 Å². The molecule has 0 fully saturated rings. The van der Waals surface area contributed by atoms with Gasteiger partial charge in [-0.05, 0) is 44.0 Å². The van der Waals surface area contributed by atoms with Crippen molar-refractivity contribution in [2.75, 3.05) is 5.32 Å². The molecule has 3 nitrogen and oxygen atoms in total. The van der Waals surface area contributed by atoms with E-state index >= 15 is 0 Å². The summed E-state index contributed by atoms with van der Waals surface area (Å²) in [5.74, 6) is 0.920. The molecular formula is C15H20BrN3. The van der Waals surface area contributed by atoms with E-state index in [0.717, 1.165) is 28.3 Å². The number of nitrogens with zero attached hydrogens (tertiary/aromatic N) is 2. The molecule has 1 N–H and O–H groups in total. The number of hydrogen-bond acceptors (Lipinski definition) is 2. The second kappa shape index (κ2) is 6.24. The number of unbranched alkanes of at least 4 members (excludes halogenated alkanes) is 1. The molecule has 2 rings (SSSR count). The van der Waals surface area contributed by atoms with Crippen LogP contribution in [0.4, 0.5) is 11.6 Å². The number of anilines is 2. The van der Waals surface area contributed by atoms with Gasteiger partial charge in [0.2, 0.25) is 5.95 Å². The predicted octanol–water partition coefficient (Wildman–Crippen LogP) is 4.81.